The fraction of sp³-hybridized carbons (Fsp3) is 0.538. The largest absolute Gasteiger partial charge is 0.352 e. The zero-order valence-electron chi connectivity index (χ0n) is 10.6. The van der Waals surface area contributed by atoms with E-state index in [0.29, 0.717) is 24.6 Å². The van der Waals surface area contributed by atoms with Gasteiger partial charge in [-0.1, -0.05) is 13.3 Å². The van der Waals surface area contributed by atoms with Gasteiger partial charge in [0.2, 0.25) is 0 Å². The normalized spacial score (nSPS) is 12.2. The summed E-state index contributed by atoms with van der Waals surface area (Å²) in [4.78, 5) is 15.8. The number of hydrogen-bond donors (Lipinski definition) is 2. The number of carbonyl (C=O) groups is 1. The average Bonchev–Trinajstić information content (AvgIpc) is 2.34. The Hall–Kier alpha value is -1.42. The van der Waals surface area contributed by atoms with Gasteiger partial charge in [-0.3, -0.25) is 9.78 Å². The number of rotatable bonds is 6. The third kappa shape index (κ3) is 4.53. The summed E-state index contributed by atoms with van der Waals surface area (Å²) in [5.41, 5.74) is 7.13. The number of aromatic nitrogens is 1. The highest BCUT2D eigenvalue weighted by molar-refractivity contribution is 5.93. The number of nitrogens with zero attached hydrogens (tertiary/aromatic N) is 1. The maximum atomic E-state index is 11.8. The number of carbonyl (C=O) groups excluding carboxylic acids is 1. The fourth-order valence-corrected chi connectivity index (χ4v) is 1.70. The Morgan fingerprint density at radius 3 is 2.88 bits per heavy atom. The van der Waals surface area contributed by atoms with Crippen molar-refractivity contribution in [2.75, 3.05) is 13.1 Å². The Labute approximate surface area is 103 Å². The van der Waals surface area contributed by atoms with E-state index in [0.717, 1.165) is 18.4 Å². The standard InChI is InChI=1S/C13H21N3O/c1-3-11(4-5-14)8-16-13(17)12-6-10(2)7-15-9-12/h6-7,9,11H,3-5,8,14H2,1-2H3,(H,16,17). The van der Waals surface area contributed by atoms with Gasteiger partial charge in [0.05, 0.1) is 5.56 Å². The van der Waals surface area contributed by atoms with Crippen LogP contribution in [-0.2, 0) is 0 Å². The quantitative estimate of drug-likeness (QED) is 0.785. The van der Waals surface area contributed by atoms with E-state index >= 15 is 0 Å². The van der Waals surface area contributed by atoms with Crippen molar-refractivity contribution in [2.45, 2.75) is 26.7 Å². The van der Waals surface area contributed by atoms with Gasteiger partial charge in [-0.05, 0) is 37.4 Å². The molecule has 1 rings (SSSR count). The molecule has 0 aliphatic heterocycles. The lowest BCUT2D eigenvalue weighted by molar-refractivity contribution is 0.0945. The summed E-state index contributed by atoms with van der Waals surface area (Å²) in [6, 6.07) is 1.84. The molecule has 1 amide bonds. The van der Waals surface area contributed by atoms with E-state index in [9.17, 15) is 4.79 Å². The number of hydrogen-bond acceptors (Lipinski definition) is 3. The molecule has 0 aliphatic rings. The van der Waals surface area contributed by atoms with Crippen LogP contribution >= 0.6 is 0 Å². The molecule has 3 N–H and O–H groups in total. The van der Waals surface area contributed by atoms with Crippen LogP contribution in [0.15, 0.2) is 18.5 Å². The zero-order valence-corrected chi connectivity index (χ0v) is 10.6. The third-order valence-electron chi connectivity index (χ3n) is 2.84. The van der Waals surface area contributed by atoms with E-state index in [2.05, 4.69) is 17.2 Å². The van der Waals surface area contributed by atoms with Gasteiger partial charge in [0.25, 0.3) is 5.91 Å². The summed E-state index contributed by atoms with van der Waals surface area (Å²) in [6.45, 7) is 5.38. The molecule has 0 spiro atoms. The van der Waals surface area contributed by atoms with E-state index in [1.165, 1.54) is 0 Å². The molecule has 0 bridgehead atoms. The van der Waals surface area contributed by atoms with Crippen molar-refractivity contribution >= 4 is 5.91 Å². The molecule has 0 fully saturated rings. The molecule has 0 saturated heterocycles. The van der Waals surface area contributed by atoms with Crippen LogP contribution in [-0.4, -0.2) is 24.0 Å². The number of amides is 1. The van der Waals surface area contributed by atoms with Gasteiger partial charge >= 0.3 is 0 Å². The van der Waals surface area contributed by atoms with Crippen LogP contribution in [0.5, 0.6) is 0 Å². The van der Waals surface area contributed by atoms with Crippen molar-refractivity contribution in [3.63, 3.8) is 0 Å². The molecule has 1 aromatic rings. The third-order valence-corrected chi connectivity index (χ3v) is 2.84. The molecule has 0 radical (unpaired) electrons. The summed E-state index contributed by atoms with van der Waals surface area (Å²) in [5, 5.41) is 2.93. The first kappa shape index (κ1) is 13.6. The summed E-state index contributed by atoms with van der Waals surface area (Å²) < 4.78 is 0. The van der Waals surface area contributed by atoms with Gasteiger partial charge in [-0.25, -0.2) is 0 Å². The van der Waals surface area contributed by atoms with Gasteiger partial charge in [0.1, 0.15) is 0 Å². The summed E-state index contributed by atoms with van der Waals surface area (Å²) >= 11 is 0. The summed E-state index contributed by atoms with van der Waals surface area (Å²) in [6.07, 6.45) is 5.30. The SMILES string of the molecule is CCC(CCN)CNC(=O)c1cncc(C)c1. The van der Waals surface area contributed by atoms with E-state index < -0.39 is 0 Å². The lowest BCUT2D eigenvalue weighted by Gasteiger charge is -2.14. The lowest BCUT2D eigenvalue weighted by Crippen LogP contribution is -2.30. The smallest absolute Gasteiger partial charge is 0.252 e. The number of nitrogens with one attached hydrogen (secondary N) is 1. The minimum Gasteiger partial charge on any atom is -0.352 e. The first-order valence-corrected chi connectivity index (χ1v) is 6.07. The Balaban J connectivity index is 2.49. The molecule has 0 aromatic carbocycles. The van der Waals surface area contributed by atoms with Crippen LogP contribution in [0.2, 0.25) is 0 Å². The highest BCUT2D eigenvalue weighted by atomic mass is 16.1. The van der Waals surface area contributed by atoms with Crippen LogP contribution in [0.4, 0.5) is 0 Å². The van der Waals surface area contributed by atoms with Crippen molar-refractivity contribution in [1.29, 1.82) is 0 Å². The second kappa shape index (κ2) is 7.01. The van der Waals surface area contributed by atoms with Crippen molar-refractivity contribution < 1.29 is 4.79 Å². The van der Waals surface area contributed by atoms with Gasteiger partial charge in [0.15, 0.2) is 0 Å². The van der Waals surface area contributed by atoms with E-state index in [-0.39, 0.29) is 5.91 Å². The number of aryl methyl sites for hydroxylation is 1. The van der Waals surface area contributed by atoms with Crippen LogP contribution < -0.4 is 11.1 Å². The molecule has 0 aliphatic carbocycles. The van der Waals surface area contributed by atoms with Gasteiger partial charge in [0, 0.05) is 18.9 Å². The predicted octanol–water partition coefficient (Wildman–Crippen LogP) is 1.49. The second-order valence-corrected chi connectivity index (χ2v) is 4.31. The van der Waals surface area contributed by atoms with Gasteiger partial charge < -0.3 is 11.1 Å². The van der Waals surface area contributed by atoms with E-state index in [4.69, 9.17) is 5.73 Å². The first-order chi connectivity index (χ1) is 8.17. The van der Waals surface area contributed by atoms with Crippen molar-refractivity contribution in [1.82, 2.24) is 10.3 Å². The topological polar surface area (TPSA) is 68.0 Å². The summed E-state index contributed by atoms with van der Waals surface area (Å²) in [7, 11) is 0. The predicted molar refractivity (Wildman–Crippen MR) is 68.8 cm³/mol. The van der Waals surface area contributed by atoms with Crippen molar-refractivity contribution in [2.24, 2.45) is 11.7 Å². The lowest BCUT2D eigenvalue weighted by atomic mass is 10.0. The van der Waals surface area contributed by atoms with Crippen molar-refractivity contribution in [3.05, 3.63) is 29.6 Å². The monoisotopic (exact) mass is 235 g/mol. The minimum absolute atomic E-state index is 0.0586. The van der Waals surface area contributed by atoms with Gasteiger partial charge in [-0.15, -0.1) is 0 Å². The Morgan fingerprint density at radius 1 is 1.53 bits per heavy atom. The van der Waals surface area contributed by atoms with Crippen LogP contribution in [0, 0.1) is 12.8 Å². The van der Waals surface area contributed by atoms with Crippen molar-refractivity contribution in [3.8, 4) is 0 Å². The molecule has 0 saturated carbocycles. The molecule has 4 nitrogen and oxygen atoms in total. The molecule has 1 atom stereocenters. The molecule has 4 heteroatoms. The highest BCUT2D eigenvalue weighted by Gasteiger charge is 2.09. The molecule has 94 valence electrons. The van der Waals surface area contributed by atoms with Crippen LogP contribution in [0.3, 0.4) is 0 Å². The maximum Gasteiger partial charge on any atom is 0.252 e. The molecule has 1 heterocycles. The Bertz CT molecular complexity index is 365. The van der Waals surface area contributed by atoms with E-state index in [1.54, 1.807) is 12.4 Å². The first-order valence-electron chi connectivity index (χ1n) is 6.07. The van der Waals surface area contributed by atoms with Gasteiger partial charge in [-0.2, -0.15) is 0 Å². The number of pyridine rings is 1. The fourth-order valence-electron chi connectivity index (χ4n) is 1.70. The molecule has 1 aromatic heterocycles. The molecular formula is C13H21N3O. The second-order valence-electron chi connectivity index (χ2n) is 4.31. The minimum atomic E-state index is -0.0586. The van der Waals surface area contributed by atoms with E-state index in [1.807, 2.05) is 13.0 Å². The average molecular weight is 235 g/mol. The maximum absolute atomic E-state index is 11.8. The number of nitrogens with two attached hydrogens (primary N) is 1. The molecule has 1 unspecified atom stereocenters. The van der Waals surface area contributed by atoms with Crippen LogP contribution in [0.25, 0.3) is 0 Å². The molecular weight excluding hydrogens is 214 g/mol. The molecule has 17 heavy (non-hydrogen) atoms. The Kier molecular flexibility index (Phi) is 5.63. The Morgan fingerprint density at radius 2 is 2.29 bits per heavy atom. The summed E-state index contributed by atoms with van der Waals surface area (Å²) in [5.74, 6) is 0.401. The highest BCUT2D eigenvalue weighted by Crippen LogP contribution is 2.06. The van der Waals surface area contributed by atoms with Crippen LogP contribution in [0.1, 0.15) is 35.7 Å². The zero-order chi connectivity index (χ0) is 12.7.